The van der Waals surface area contributed by atoms with Crippen molar-refractivity contribution in [2.24, 2.45) is 0 Å². The van der Waals surface area contributed by atoms with E-state index in [-0.39, 0.29) is 34.5 Å². The predicted molar refractivity (Wildman–Crippen MR) is 143 cm³/mol. The van der Waals surface area contributed by atoms with E-state index in [4.69, 9.17) is 42.6 Å². The maximum Gasteiger partial charge on any atom is 0.303 e. The molecule has 1 saturated heterocycles. The molecular formula is C27H44O15. The molecule has 15 heteroatoms. The number of carbonyl (C=O) groups is 6. The summed E-state index contributed by atoms with van der Waals surface area (Å²) >= 11 is 0. The van der Waals surface area contributed by atoms with Crippen LogP contribution in [0.2, 0.25) is 0 Å². The molecule has 0 aliphatic carbocycles. The van der Waals surface area contributed by atoms with Gasteiger partial charge in [0.05, 0.1) is 6.26 Å². The maximum absolute atomic E-state index is 11.2. The van der Waals surface area contributed by atoms with E-state index in [0.717, 1.165) is 0 Å². The lowest BCUT2D eigenvalue weighted by molar-refractivity contribution is -0.259. The average molecular weight is 609 g/mol. The van der Waals surface area contributed by atoms with Gasteiger partial charge < -0.3 is 42.6 Å². The van der Waals surface area contributed by atoms with Gasteiger partial charge in [-0.1, -0.05) is 14.9 Å². The average Bonchev–Trinajstić information content (AvgIpc) is 2.83. The highest BCUT2D eigenvalue weighted by Crippen LogP contribution is 2.26. The van der Waals surface area contributed by atoms with E-state index in [1.54, 1.807) is 0 Å². The molecule has 7 atom stereocenters. The van der Waals surface area contributed by atoms with Gasteiger partial charge in [-0.25, -0.2) is 0 Å². The van der Waals surface area contributed by atoms with E-state index in [9.17, 15) is 28.8 Å². The van der Waals surface area contributed by atoms with Gasteiger partial charge >= 0.3 is 35.8 Å². The van der Waals surface area contributed by atoms with Crippen molar-refractivity contribution in [1.29, 1.82) is 0 Å². The zero-order chi connectivity index (χ0) is 30.4. The molecule has 0 aromatic heterocycles. The molecule has 0 aromatic carbocycles. The zero-order valence-electron chi connectivity index (χ0n) is 23.4. The number of hydrogen-bond donors (Lipinski definition) is 0. The Morgan fingerprint density at radius 3 is 1.60 bits per heavy atom. The van der Waals surface area contributed by atoms with Crippen molar-refractivity contribution in [3.05, 3.63) is 12.3 Å². The molecule has 2 aliphatic rings. The highest BCUT2D eigenvalue weighted by atomic mass is 16.7. The van der Waals surface area contributed by atoms with Crippen LogP contribution in [0.4, 0.5) is 0 Å². The lowest BCUT2D eigenvalue weighted by Crippen LogP contribution is -2.54. The molecule has 42 heavy (non-hydrogen) atoms. The first-order valence-corrected chi connectivity index (χ1v) is 12.2. The quantitative estimate of drug-likeness (QED) is 0.272. The van der Waals surface area contributed by atoms with Crippen molar-refractivity contribution in [2.75, 3.05) is 20.3 Å². The van der Waals surface area contributed by atoms with Crippen molar-refractivity contribution in [2.45, 2.75) is 106 Å². The Balaban J connectivity index is 0. The van der Waals surface area contributed by atoms with Crippen LogP contribution in [0.3, 0.4) is 0 Å². The van der Waals surface area contributed by atoms with Gasteiger partial charge in [0.2, 0.25) is 0 Å². The second-order valence-corrected chi connectivity index (χ2v) is 8.55. The Hall–Kier alpha value is -3.72. The van der Waals surface area contributed by atoms with Gasteiger partial charge in [-0.3, -0.25) is 28.8 Å². The molecule has 0 bridgehead atoms. The number of methoxy groups -OCH3 is 1. The Kier molecular flexibility index (Phi) is 19.4. The van der Waals surface area contributed by atoms with Gasteiger partial charge in [-0.15, -0.1) is 0 Å². The van der Waals surface area contributed by atoms with Crippen LogP contribution >= 0.6 is 0 Å². The van der Waals surface area contributed by atoms with Crippen LogP contribution in [0.25, 0.3) is 0 Å². The van der Waals surface area contributed by atoms with Crippen LogP contribution in [0.1, 0.15) is 62.8 Å². The molecule has 0 radical (unpaired) electrons. The van der Waals surface area contributed by atoms with E-state index in [1.165, 1.54) is 61.0 Å². The fourth-order valence-electron chi connectivity index (χ4n) is 3.64. The lowest BCUT2D eigenvalue weighted by Gasteiger charge is -2.39. The van der Waals surface area contributed by atoms with E-state index in [1.807, 2.05) is 0 Å². The molecule has 2 heterocycles. The minimum atomic E-state index is -0.864. The van der Waals surface area contributed by atoms with Gasteiger partial charge in [0.25, 0.3) is 0 Å². The molecule has 0 saturated carbocycles. The second kappa shape index (κ2) is 20.2. The standard InChI is InChI=1S/C13H20O8.C12H16O7.2CH4/c1-7(14)18-6-11-13(20-9(3)16)10(19-8(2)15)5-12(17-4)21-11;1-7(13)17-6-11-12(19-9(3)15)10(4-5-16-11)18-8(2)14;;/h10-13H,5-6H2,1-4H3;4-5,10-12H,6H2,1-3H3;2*1H4. The zero-order valence-corrected chi connectivity index (χ0v) is 23.4. The summed E-state index contributed by atoms with van der Waals surface area (Å²) in [5.74, 6) is -3.11. The number of carbonyl (C=O) groups excluding carboxylic acids is 6. The van der Waals surface area contributed by atoms with Crippen LogP contribution < -0.4 is 0 Å². The summed E-state index contributed by atoms with van der Waals surface area (Å²) in [6, 6.07) is 0. The summed E-state index contributed by atoms with van der Waals surface area (Å²) in [5, 5.41) is 0. The van der Waals surface area contributed by atoms with Crippen molar-refractivity contribution < 1.29 is 71.4 Å². The minimum absolute atomic E-state index is 0. The Morgan fingerprint density at radius 2 is 1.14 bits per heavy atom. The van der Waals surface area contributed by atoms with Crippen molar-refractivity contribution in [3.63, 3.8) is 0 Å². The van der Waals surface area contributed by atoms with Gasteiger partial charge in [0.15, 0.2) is 30.7 Å². The fourth-order valence-corrected chi connectivity index (χ4v) is 3.64. The molecule has 0 amide bonds. The van der Waals surface area contributed by atoms with E-state index in [0.29, 0.717) is 0 Å². The van der Waals surface area contributed by atoms with Crippen LogP contribution in [-0.4, -0.2) is 99.1 Å². The van der Waals surface area contributed by atoms with E-state index >= 15 is 0 Å². The molecular weight excluding hydrogens is 564 g/mol. The topological polar surface area (TPSA) is 185 Å². The third kappa shape index (κ3) is 15.3. The predicted octanol–water partition coefficient (Wildman–Crippen LogP) is 1.77. The molecule has 0 aromatic rings. The largest absolute Gasteiger partial charge is 0.491 e. The van der Waals surface area contributed by atoms with Crippen molar-refractivity contribution in [1.82, 2.24) is 0 Å². The molecule has 15 nitrogen and oxygen atoms in total. The van der Waals surface area contributed by atoms with Crippen molar-refractivity contribution >= 4 is 35.8 Å². The summed E-state index contributed by atoms with van der Waals surface area (Å²) in [7, 11) is 1.44. The van der Waals surface area contributed by atoms with E-state index in [2.05, 4.69) is 0 Å². The third-order valence-electron chi connectivity index (χ3n) is 5.08. The molecule has 242 valence electrons. The van der Waals surface area contributed by atoms with Crippen molar-refractivity contribution in [3.8, 4) is 0 Å². The van der Waals surface area contributed by atoms with Gasteiger partial charge in [0.1, 0.15) is 25.4 Å². The fraction of sp³-hybridized carbons (Fsp3) is 0.704. The smallest absolute Gasteiger partial charge is 0.303 e. The molecule has 2 rings (SSSR count). The number of hydrogen-bond acceptors (Lipinski definition) is 15. The number of ether oxygens (including phenoxy) is 9. The number of rotatable bonds is 9. The Bertz CT molecular complexity index is 930. The second-order valence-electron chi connectivity index (χ2n) is 8.55. The van der Waals surface area contributed by atoms with Crippen LogP contribution in [0.5, 0.6) is 0 Å². The third-order valence-corrected chi connectivity index (χ3v) is 5.08. The SMILES string of the molecule is C.C.CC(=O)OCC1OC=CC(OC(C)=O)C1OC(C)=O.COC1CC(OC(C)=O)C(OC(C)=O)C(COC(C)=O)O1. The Labute approximate surface area is 246 Å². The van der Waals surface area contributed by atoms with Gasteiger partial charge in [-0.2, -0.15) is 0 Å². The van der Waals surface area contributed by atoms with Crippen LogP contribution in [0.15, 0.2) is 12.3 Å². The van der Waals surface area contributed by atoms with Crippen LogP contribution in [-0.2, 0) is 71.4 Å². The van der Waals surface area contributed by atoms with Gasteiger partial charge in [-0.05, 0) is 6.08 Å². The summed E-state index contributed by atoms with van der Waals surface area (Å²) in [6.45, 7) is 7.23. The summed E-state index contributed by atoms with van der Waals surface area (Å²) in [4.78, 5) is 66.2. The summed E-state index contributed by atoms with van der Waals surface area (Å²) in [5.41, 5.74) is 0. The van der Waals surface area contributed by atoms with E-state index < -0.39 is 78.7 Å². The molecule has 0 spiro atoms. The highest BCUT2D eigenvalue weighted by Gasteiger charge is 2.44. The lowest BCUT2D eigenvalue weighted by atomic mass is 10.0. The molecule has 2 aliphatic heterocycles. The summed E-state index contributed by atoms with van der Waals surface area (Å²) < 4.78 is 46.0. The minimum Gasteiger partial charge on any atom is -0.491 e. The number of esters is 6. The first-order chi connectivity index (χ1) is 18.7. The monoisotopic (exact) mass is 608 g/mol. The van der Waals surface area contributed by atoms with Gasteiger partial charge in [0, 0.05) is 55.1 Å². The normalized spacial score (nSPS) is 25.6. The maximum atomic E-state index is 11.2. The first kappa shape index (κ1) is 40.4. The summed E-state index contributed by atoms with van der Waals surface area (Å²) in [6.07, 6.45) is -2.37. The van der Waals surface area contributed by atoms with Crippen LogP contribution in [0, 0.1) is 0 Å². The highest BCUT2D eigenvalue weighted by molar-refractivity contribution is 5.68. The molecule has 0 N–H and O–H groups in total. The Morgan fingerprint density at radius 1 is 0.667 bits per heavy atom. The molecule has 7 unspecified atom stereocenters. The molecule has 1 fully saturated rings. The first-order valence-electron chi connectivity index (χ1n) is 12.2.